The molecule has 2 rings (SSSR count). The fourth-order valence-electron chi connectivity index (χ4n) is 1.91. The van der Waals surface area contributed by atoms with Gasteiger partial charge in [-0.05, 0) is 25.0 Å². The molecular weight excluding hydrogens is 256 g/mol. The third-order valence-electron chi connectivity index (χ3n) is 2.88. The summed E-state index contributed by atoms with van der Waals surface area (Å²) < 4.78 is 25.8. The Kier molecular flexibility index (Phi) is 3.81. The molecule has 100 valence electrons. The van der Waals surface area contributed by atoms with Crippen molar-refractivity contribution < 1.29 is 13.5 Å². The second-order valence-corrected chi connectivity index (χ2v) is 6.12. The van der Waals surface area contributed by atoms with E-state index in [4.69, 9.17) is 5.84 Å². The lowest BCUT2D eigenvalue weighted by Gasteiger charge is -2.29. The zero-order valence-electron chi connectivity index (χ0n) is 9.78. The molecule has 1 unspecified atom stereocenters. The largest absolute Gasteiger partial charge is 0.392 e. The number of piperidine rings is 1. The van der Waals surface area contributed by atoms with Crippen molar-refractivity contribution in [2.45, 2.75) is 23.8 Å². The predicted octanol–water partition coefficient (Wildman–Crippen LogP) is -0.487. The van der Waals surface area contributed by atoms with Crippen molar-refractivity contribution in [2.24, 2.45) is 5.84 Å². The van der Waals surface area contributed by atoms with Gasteiger partial charge in [0, 0.05) is 19.3 Å². The standard InChI is InChI=1S/C10H16N4O3S/c11-13-10-4-3-9(6-12-10)18(16,17)14-5-1-2-8(15)7-14/h3-4,6,8,15H,1-2,5,7,11H2,(H,12,13). The van der Waals surface area contributed by atoms with Crippen molar-refractivity contribution in [3.63, 3.8) is 0 Å². The summed E-state index contributed by atoms with van der Waals surface area (Å²) in [4.78, 5) is 3.98. The molecule has 0 amide bonds. The van der Waals surface area contributed by atoms with Crippen LogP contribution in [-0.4, -0.2) is 42.0 Å². The second kappa shape index (κ2) is 5.19. The minimum atomic E-state index is -3.58. The van der Waals surface area contributed by atoms with Gasteiger partial charge < -0.3 is 10.5 Å². The number of hydrogen-bond acceptors (Lipinski definition) is 6. The van der Waals surface area contributed by atoms with E-state index in [0.29, 0.717) is 25.2 Å². The first-order valence-electron chi connectivity index (χ1n) is 5.65. The van der Waals surface area contributed by atoms with Crippen LogP contribution in [0.25, 0.3) is 0 Å². The van der Waals surface area contributed by atoms with Crippen molar-refractivity contribution in [3.05, 3.63) is 18.3 Å². The van der Waals surface area contributed by atoms with Crippen LogP contribution in [0.5, 0.6) is 0 Å². The number of anilines is 1. The van der Waals surface area contributed by atoms with Crippen LogP contribution in [0.3, 0.4) is 0 Å². The molecule has 1 aromatic heterocycles. The molecule has 1 fully saturated rings. The summed E-state index contributed by atoms with van der Waals surface area (Å²) in [6.45, 7) is 0.565. The molecule has 7 nitrogen and oxygen atoms in total. The highest BCUT2D eigenvalue weighted by Gasteiger charge is 2.29. The Hall–Kier alpha value is -1.22. The Bertz CT molecular complexity index is 502. The van der Waals surface area contributed by atoms with E-state index in [1.54, 1.807) is 0 Å². The lowest BCUT2D eigenvalue weighted by molar-refractivity contribution is 0.108. The van der Waals surface area contributed by atoms with Crippen LogP contribution in [-0.2, 0) is 10.0 Å². The summed E-state index contributed by atoms with van der Waals surface area (Å²) in [5, 5.41) is 9.52. The smallest absolute Gasteiger partial charge is 0.244 e. The zero-order chi connectivity index (χ0) is 13.2. The number of nitrogens with zero attached hydrogens (tertiary/aromatic N) is 2. The minimum Gasteiger partial charge on any atom is -0.392 e. The zero-order valence-corrected chi connectivity index (χ0v) is 10.6. The number of aliphatic hydroxyl groups is 1. The lowest BCUT2D eigenvalue weighted by atomic mass is 10.1. The number of rotatable bonds is 3. The molecule has 8 heteroatoms. The van der Waals surface area contributed by atoms with Crippen LogP contribution in [0.15, 0.2) is 23.2 Å². The summed E-state index contributed by atoms with van der Waals surface area (Å²) in [6, 6.07) is 2.94. The molecule has 0 bridgehead atoms. The minimum absolute atomic E-state index is 0.107. The monoisotopic (exact) mass is 272 g/mol. The molecule has 1 aromatic rings. The number of aliphatic hydroxyl groups excluding tert-OH is 1. The molecule has 1 aliphatic heterocycles. The van der Waals surface area contributed by atoms with Crippen molar-refractivity contribution in [2.75, 3.05) is 18.5 Å². The van der Waals surface area contributed by atoms with E-state index in [-0.39, 0.29) is 11.4 Å². The van der Waals surface area contributed by atoms with Gasteiger partial charge in [-0.1, -0.05) is 0 Å². The van der Waals surface area contributed by atoms with Gasteiger partial charge in [-0.3, -0.25) is 0 Å². The number of hydrazine groups is 1. The normalized spacial score (nSPS) is 21.8. The van der Waals surface area contributed by atoms with E-state index < -0.39 is 16.1 Å². The summed E-state index contributed by atoms with van der Waals surface area (Å²) in [6.07, 6.45) is 1.97. The maximum Gasteiger partial charge on any atom is 0.244 e. The average molecular weight is 272 g/mol. The van der Waals surface area contributed by atoms with Gasteiger partial charge in [-0.25, -0.2) is 19.2 Å². The van der Waals surface area contributed by atoms with E-state index in [0.717, 1.165) is 0 Å². The fourth-order valence-corrected chi connectivity index (χ4v) is 3.37. The molecule has 0 saturated carbocycles. The van der Waals surface area contributed by atoms with E-state index >= 15 is 0 Å². The molecule has 0 spiro atoms. The number of pyridine rings is 1. The number of hydrogen-bond donors (Lipinski definition) is 3. The number of aromatic nitrogens is 1. The molecule has 1 aliphatic rings. The van der Waals surface area contributed by atoms with Gasteiger partial charge in [0.25, 0.3) is 0 Å². The molecule has 0 aromatic carbocycles. The third kappa shape index (κ3) is 2.61. The van der Waals surface area contributed by atoms with Gasteiger partial charge in [0.05, 0.1) is 6.10 Å². The molecule has 1 atom stereocenters. The molecule has 0 radical (unpaired) electrons. The molecular formula is C10H16N4O3S. The van der Waals surface area contributed by atoms with Crippen LogP contribution in [0.4, 0.5) is 5.82 Å². The molecule has 2 heterocycles. The maximum atomic E-state index is 12.3. The van der Waals surface area contributed by atoms with Crippen molar-refractivity contribution in [1.82, 2.24) is 9.29 Å². The van der Waals surface area contributed by atoms with Crippen LogP contribution in [0.2, 0.25) is 0 Å². The maximum absolute atomic E-state index is 12.3. The van der Waals surface area contributed by atoms with E-state index in [1.807, 2.05) is 0 Å². The van der Waals surface area contributed by atoms with Gasteiger partial charge in [0.1, 0.15) is 10.7 Å². The Morgan fingerprint density at radius 2 is 2.28 bits per heavy atom. The quantitative estimate of drug-likeness (QED) is 0.506. The van der Waals surface area contributed by atoms with Gasteiger partial charge in [0.2, 0.25) is 10.0 Å². The first-order valence-corrected chi connectivity index (χ1v) is 7.09. The molecule has 1 saturated heterocycles. The molecule has 18 heavy (non-hydrogen) atoms. The molecule has 4 N–H and O–H groups in total. The Morgan fingerprint density at radius 3 is 2.83 bits per heavy atom. The third-order valence-corrected chi connectivity index (χ3v) is 4.73. The van der Waals surface area contributed by atoms with Gasteiger partial charge >= 0.3 is 0 Å². The highest BCUT2D eigenvalue weighted by atomic mass is 32.2. The first-order chi connectivity index (χ1) is 8.54. The van der Waals surface area contributed by atoms with E-state index in [2.05, 4.69) is 10.4 Å². The summed E-state index contributed by atoms with van der Waals surface area (Å²) in [7, 11) is -3.58. The summed E-state index contributed by atoms with van der Waals surface area (Å²) >= 11 is 0. The number of nitrogen functional groups attached to an aromatic ring is 1. The van der Waals surface area contributed by atoms with Crippen LogP contribution < -0.4 is 11.3 Å². The number of nitrogens with one attached hydrogen (secondary N) is 1. The average Bonchev–Trinajstić information content (AvgIpc) is 2.39. The topological polar surface area (TPSA) is 109 Å². The first kappa shape index (κ1) is 13.2. The molecule has 0 aliphatic carbocycles. The highest BCUT2D eigenvalue weighted by Crippen LogP contribution is 2.20. The number of β-amino-alcohol motifs (C(OH)–C–C–N with tert-alkyl or cyclic N) is 1. The van der Waals surface area contributed by atoms with Crippen molar-refractivity contribution in [3.8, 4) is 0 Å². The van der Waals surface area contributed by atoms with Crippen LogP contribution in [0, 0.1) is 0 Å². The summed E-state index contributed by atoms with van der Waals surface area (Å²) in [5.74, 6) is 5.56. The van der Waals surface area contributed by atoms with E-state index in [9.17, 15) is 13.5 Å². The number of sulfonamides is 1. The SMILES string of the molecule is NNc1ccc(S(=O)(=O)N2CCCC(O)C2)cn1. The van der Waals surface area contributed by atoms with Gasteiger partial charge in [-0.15, -0.1) is 0 Å². The second-order valence-electron chi connectivity index (χ2n) is 4.18. The van der Waals surface area contributed by atoms with Crippen molar-refractivity contribution in [1.29, 1.82) is 0 Å². The Labute approximate surface area is 106 Å². The van der Waals surface area contributed by atoms with Crippen LogP contribution >= 0.6 is 0 Å². The van der Waals surface area contributed by atoms with Gasteiger partial charge in [-0.2, -0.15) is 4.31 Å². The van der Waals surface area contributed by atoms with Gasteiger partial charge in [0.15, 0.2) is 0 Å². The summed E-state index contributed by atoms with van der Waals surface area (Å²) in [5.41, 5.74) is 2.33. The number of nitrogens with two attached hydrogens (primary N) is 1. The van der Waals surface area contributed by atoms with E-state index in [1.165, 1.54) is 22.6 Å². The van der Waals surface area contributed by atoms with Crippen LogP contribution in [0.1, 0.15) is 12.8 Å². The lowest BCUT2D eigenvalue weighted by Crippen LogP contribution is -2.42. The fraction of sp³-hybridized carbons (Fsp3) is 0.500. The Morgan fingerprint density at radius 1 is 1.50 bits per heavy atom. The predicted molar refractivity (Wildman–Crippen MR) is 66.0 cm³/mol. The highest BCUT2D eigenvalue weighted by molar-refractivity contribution is 7.89. The van der Waals surface area contributed by atoms with Crippen molar-refractivity contribution >= 4 is 15.8 Å². The Balaban J connectivity index is 2.23.